The predicted octanol–water partition coefficient (Wildman–Crippen LogP) is 0.878. The zero-order chi connectivity index (χ0) is 21.3. The van der Waals surface area contributed by atoms with Crippen LogP contribution in [-0.2, 0) is 29.2 Å². The van der Waals surface area contributed by atoms with Crippen molar-refractivity contribution in [3.8, 4) is 0 Å². The van der Waals surface area contributed by atoms with E-state index in [2.05, 4.69) is 18.2 Å². The van der Waals surface area contributed by atoms with Gasteiger partial charge in [0, 0.05) is 0 Å². The monoisotopic (exact) mass is 442 g/mol. The minimum absolute atomic E-state index is 0. The van der Waals surface area contributed by atoms with Crippen LogP contribution in [0.3, 0.4) is 0 Å². The van der Waals surface area contributed by atoms with Gasteiger partial charge in [-0.15, -0.1) is 6.58 Å². The third kappa shape index (κ3) is 18.1. The largest absolute Gasteiger partial charge is 1.00 e. The standard InChI is InChI=1S/C20H36O7S.Na/c1-3-5-7-8-9-10-11-12-13-14-16-26-19(21)17-18(28(23,24)25)20(22)27-15-6-4-2;/h4,18H,2-3,5-17H2,1H3,(H,23,24,25);/q;+1/p-1. The molecule has 0 saturated heterocycles. The van der Waals surface area contributed by atoms with E-state index in [1.54, 1.807) is 0 Å². The van der Waals surface area contributed by atoms with E-state index in [1.807, 2.05) is 0 Å². The van der Waals surface area contributed by atoms with Gasteiger partial charge >= 0.3 is 41.5 Å². The molecule has 0 aliphatic rings. The normalized spacial score (nSPS) is 11.9. The molecule has 9 heteroatoms. The smallest absolute Gasteiger partial charge is 0.747 e. The molecule has 0 saturated carbocycles. The Morgan fingerprint density at radius 2 is 1.45 bits per heavy atom. The van der Waals surface area contributed by atoms with E-state index in [0.29, 0.717) is 12.8 Å². The van der Waals surface area contributed by atoms with Crippen LogP contribution in [0.25, 0.3) is 0 Å². The Hall–Kier alpha value is -0.410. The van der Waals surface area contributed by atoms with Crippen LogP contribution < -0.4 is 29.6 Å². The topological polar surface area (TPSA) is 110 Å². The molecule has 0 aromatic carbocycles. The third-order valence-electron chi connectivity index (χ3n) is 4.29. The number of esters is 2. The van der Waals surface area contributed by atoms with Gasteiger partial charge in [0.1, 0.15) is 10.1 Å². The Morgan fingerprint density at radius 3 is 1.93 bits per heavy atom. The van der Waals surface area contributed by atoms with E-state index < -0.39 is 33.7 Å². The number of ether oxygens (including phenoxy) is 2. The molecule has 0 radical (unpaired) electrons. The maximum absolute atomic E-state index is 11.7. The van der Waals surface area contributed by atoms with Gasteiger partial charge in [-0.3, -0.25) is 9.59 Å². The Balaban J connectivity index is 0. The second-order valence-electron chi connectivity index (χ2n) is 6.83. The van der Waals surface area contributed by atoms with Crippen LogP contribution in [0.1, 0.15) is 84.0 Å². The molecule has 1 unspecified atom stereocenters. The van der Waals surface area contributed by atoms with Crippen molar-refractivity contribution in [1.82, 2.24) is 0 Å². The third-order valence-corrected chi connectivity index (χ3v) is 5.35. The molecule has 0 amide bonds. The van der Waals surface area contributed by atoms with Gasteiger partial charge in [0.25, 0.3) is 0 Å². The van der Waals surface area contributed by atoms with Gasteiger partial charge in [-0.1, -0.05) is 70.8 Å². The maximum Gasteiger partial charge on any atom is 1.00 e. The van der Waals surface area contributed by atoms with Crippen molar-refractivity contribution in [3.05, 3.63) is 12.7 Å². The van der Waals surface area contributed by atoms with Crippen LogP contribution in [0.4, 0.5) is 0 Å². The van der Waals surface area contributed by atoms with Gasteiger partial charge < -0.3 is 14.0 Å². The van der Waals surface area contributed by atoms with E-state index >= 15 is 0 Å². The van der Waals surface area contributed by atoms with Crippen molar-refractivity contribution in [1.29, 1.82) is 0 Å². The van der Waals surface area contributed by atoms with Crippen molar-refractivity contribution in [2.75, 3.05) is 13.2 Å². The summed E-state index contributed by atoms with van der Waals surface area (Å²) < 4.78 is 43.3. The van der Waals surface area contributed by atoms with Crippen LogP contribution >= 0.6 is 0 Å². The number of rotatable bonds is 18. The molecular formula is C20H35NaO7S. The van der Waals surface area contributed by atoms with Gasteiger partial charge in [-0.05, 0) is 12.8 Å². The first kappa shape index (κ1) is 30.8. The number of carbonyl (C=O) groups is 2. The molecular weight excluding hydrogens is 407 g/mol. The Morgan fingerprint density at radius 1 is 0.931 bits per heavy atom. The summed E-state index contributed by atoms with van der Waals surface area (Å²) >= 11 is 0. The summed E-state index contributed by atoms with van der Waals surface area (Å²) in [6, 6.07) is 0. The second-order valence-corrected chi connectivity index (χ2v) is 8.39. The molecule has 0 fully saturated rings. The SMILES string of the molecule is C=CCCOC(=O)C(CC(=O)OCCCCCCCCCCCC)S(=O)(=O)[O-].[Na+]. The van der Waals surface area contributed by atoms with Crippen LogP contribution in [-0.4, -0.2) is 43.4 Å². The van der Waals surface area contributed by atoms with Crippen molar-refractivity contribution in [2.24, 2.45) is 0 Å². The zero-order valence-electron chi connectivity index (χ0n) is 18.0. The molecule has 0 aliphatic carbocycles. The number of unbranched alkanes of at least 4 members (excludes halogenated alkanes) is 9. The number of carbonyl (C=O) groups excluding carboxylic acids is 2. The van der Waals surface area contributed by atoms with Gasteiger partial charge in [0.2, 0.25) is 0 Å². The summed E-state index contributed by atoms with van der Waals surface area (Å²) in [4.78, 5) is 23.5. The van der Waals surface area contributed by atoms with Crippen LogP contribution in [0.2, 0.25) is 0 Å². The van der Waals surface area contributed by atoms with Gasteiger partial charge in [0.05, 0.1) is 19.6 Å². The molecule has 0 bridgehead atoms. The predicted molar refractivity (Wildman–Crippen MR) is 107 cm³/mol. The second kappa shape index (κ2) is 19.5. The fourth-order valence-corrected chi connectivity index (χ4v) is 3.27. The van der Waals surface area contributed by atoms with E-state index in [0.717, 1.165) is 19.3 Å². The van der Waals surface area contributed by atoms with E-state index in [1.165, 1.54) is 44.6 Å². The molecule has 0 aliphatic heterocycles. The first-order valence-corrected chi connectivity index (χ1v) is 11.7. The first-order valence-electron chi connectivity index (χ1n) is 10.2. The van der Waals surface area contributed by atoms with Crippen molar-refractivity contribution >= 4 is 22.1 Å². The molecule has 164 valence electrons. The zero-order valence-corrected chi connectivity index (χ0v) is 20.8. The molecule has 1 atom stereocenters. The average molecular weight is 443 g/mol. The van der Waals surface area contributed by atoms with Gasteiger partial charge in [0.15, 0.2) is 5.25 Å². The fraction of sp³-hybridized carbons (Fsp3) is 0.800. The quantitative estimate of drug-likeness (QED) is 0.102. The molecule has 0 aromatic rings. The molecule has 29 heavy (non-hydrogen) atoms. The van der Waals surface area contributed by atoms with E-state index in [-0.39, 0.29) is 42.8 Å². The van der Waals surface area contributed by atoms with Crippen LogP contribution in [0, 0.1) is 0 Å². The first-order chi connectivity index (χ1) is 13.3. The van der Waals surface area contributed by atoms with Crippen LogP contribution in [0.5, 0.6) is 0 Å². The molecule has 7 nitrogen and oxygen atoms in total. The van der Waals surface area contributed by atoms with Gasteiger partial charge in [-0.25, -0.2) is 8.42 Å². The number of hydrogen-bond acceptors (Lipinski definition) is 7. The Bertz CT molecular complexity index is 549. The summed E-state index contributed by atoms with van der Waals surface area (Å²) in [6.45, 7) is 5.68. The Kier molecular flexibility index (Phi) is 20.7. The van der Waals surface area contributed by atoms with Gasteiger partial charge in [-0.2, -0.15) is 0 Å². The minimum Gasteiger partial charge on any atom is -0.747 e. The Labute approximate surface area is 198 Å². The summed E-state index contributed by atoms with van der Waals surface area (Å²) in [5.74, 6) is -2.12. The summed E-state index contributed by atoms with van der Waals surface area (Å²) in [7, 11) is -5.00. The molecule has 0 aromatic heterocycles. The molecule has 0 N–H and O–H groups in total. The molecule has 0 rings (SSSR count). The van der Waals surface area contributed by atoms with Crippen molar-refractivity contribution in [3.63, 3.8) is 0 Å². The van der Waals surface area contributed by atoms with Crippen LogP contribution in [0.15, 0.2) is 12.7 Å². The summed E-state index contributed by atoms with van der Waals surface area (Å²) in [5, 5.41) is -2.07. The van der Waals surface area contributed by atoms with Crippen molar-refractivity contribution < 1.29 is 61.6 Å². The average Bonchev–Trinajstić information content (AvgIpc) is 2.63. The minimum atomic E-state index is -5.00. The molecule has 0 heterocycles. The fourth-order valence-electron chi connectivity index (χ4n) is 2.62. The van der Waals surface area contributed by atoms with E-state index in [9.17, 15) is 22.6 Å². The molecule has 0 spiro atoms. The van der Waals surface area contributed by atoms with Crippen molar-refractivity contribution in [2.45, 2.75) is 89.2 Å². The summed E-state index contributed by atoms with van der Waals surface area (Å²) in [6.07, 6.45) is 12.3. The summed E-state index contributed by atoms with van der Waals surface area (Å²) in [5.41, 5.74) is 0. The maximum atomic E-state index is 11.7. The number of hydrogen-bond donors (Lipinski definition) is 0. The van der Waals surface area contributed by atoms with E-state index in [4.69, 9.17) is 4.74 Å².